The van der Waals surface area contributed by atoms with Crippen molar-refractivity contribution in [2.24, 2.45) is 11.8 Å². The molecule has 6 aliphatic rings. The molecular weight excluding hydrogens is 638 g/mol. The van der Waals surface area contributed by atoms with E-state index in [1.807, 2.05) is 30.4 Å². The molecule has 12 nitrogen and oxygen atoms in total. The molecule has 254 valence electrons. The van der Waals surface area contributed by atoms with E-state index in [1.165, 1.54) is 11.8 Å². The summed E-state index contributed by atoms with van der Waals surface area (Å²) in [6, 6.07) is 2.12. The van der Waals surface area contributed by atoms with Gasteiger partial charge in [0.05, 0.1) is 12.1 Å². The standard InChI is InChI=1S/C35H40ClN5O7/c1-19(42)37-26(18-22-4-2-3-5-25(22)36)31(43)38-16-14-20-6-8-23-10-12-27(40(23)33(45)29(20)38)32(44)39-17-15-21-7-9-24-11-13-28(35(47)48)41(24)34(46)30(21)39/h2-9,20-21,23-24,26-30H,10-18H2,1H3,(H,37,42)(H,47,48)/t20-,21+,23-,24+,26+,27-,28+,29-,30+/m1/s1. The zero-order valence-corrected chi connectivity index (χ0v) is 27.5. The van der Waals surface area contributed by atoms with Crippen molar-refractivity contribution in [3.63, 3.8) is 0 Å². The normalized spacial score (nSPS) is 32.7. The van der Waals surface area contributed by atoms with Crippen molar-refractivity contribution in [2.75, 3.05) is 13.1 Å². The zero-order valence-electron chi connectivity index (χ0n) is 26.7. The number of amides is 5. The molecule has 5 amide bonds. The summed E-state index contributed by atoms with van der Waals surface area (Å²) in [5.74, 6) is -3.27. The van der Waals surface area contributed by atoms with Crippen molar-refractivity contribution >= 4 is 47.1 Å². The number of rotatable bonds is 6. The Morgan fingerprint density at radius 3 is 1.98 bits per heavy atom. The molecule has 6 heterocycles. The Labute approximate surface area is 283 Å². The van der Waals surface area contributed by atoms with E-state index in [-0.39, 0.29) is 59.9 Å². The highest BCUT2D eigenvalue weighted by molar-refractivity contribution is 6.31. The van der Waals surface area contributed by atoms with Gasteiger partial charge in [0.15, 0.2) is 0 Å². The largest absolute Gasteiger partial charge is 0.480 e. The Morgan fingerprint density at radius 1 is 0.812 bits per heavy atom. The third-order valence-corrected chi connectivity index (χ3v) is 11.5. The molecule has 1 aromatic carbocycles. The molecule has 48 heavy (non-hydrogen) atoms. The van der Waals surface area contributed by atoms with E-state index in [0.29, 0.717) is 62.2 Å². The number of carbonyl (C=O) groups is 6. The zero-order chi connectivity index (χ0) is 33.9. The number of nitrogens with zero attached hydrogens (tertiary/aromatic N) is 4. The Morgan fingerprint density at radius 2 is 1.38 bits per heavy atom. The lowest BCUT2D eigenvalue weighted by Crippen LogP contribution is -2.60. The van der Waals surface area contributed by atoms with Gasteiger partial charge in [0.2, 0.25) is 29.5 Å². The first-order valence-corrected chi connectivity index (χ1v) is 17.3. The average molecular weight is 678 g/mol. The van der Waals surface area contributed by atoms with Crippen LogP contribution in [-0.4, -0.2) is 116 Å². The van der Waals surface area contributed by atoms with Gasteiger partial charge in [-0.15, -0.1) is 0 Å². The van der Waals surface area contributed by atoms with Crippen LogP contribution in [0.1, 0.15) is 51.0 Å². The fourth-order valence-electron chi connectivity index (χ4n) is 8.90. The fourth-order valence-corrected chi connectivity index (χ4v) is 9.12. The molecule has 2 N–H and O–H groups in total. The Kier molecular flexibility index (Phi) is 8.55. The highest BCUT2D eigenvalue weighted by atomic mass is 35.5. The number of likely N-dealkylation sites (tertiary alicyclic amines) is 2. The highest BCUT2D eigenvalue weighted by Gasteiger charge is 2.55. The number of nitrogens with one attached hydrogen (secondary N) is 1. The van der Waals surface area contributed by atoms with Gasteiger partial charge in [0.1, 0.15) is 30.2 Å². The van der Waals surface area contributed by atoms with Crippen LogP contribution >= 0.6 is 11.6 Å². The van der Waals surface area contributed by atoms with E-state index < -0.39 is 36.2 Å². The number of carboxylic acids is 1. The average Bonchev–Trinajstić information content (AvgIpc) is 3.84. The van der Waals surface area contributed by atoms with Gasteiger partial charge in [0, 0.05) is 43.3 Å². The molecular formula is C35H40ClN5O7. The maximum absolute atomic E-state index is 14.5. The maximum atomic E-state index is 14.5. The van der Waals surface area contributed by atoms with E-state index in [4.69, 9.17) is 11.6 Å². The topological polar surface area (TPSA) is 148 Å². The first kappa shape index (κ1) is 32.4. The number of carbonyl (C=O) groups excluding carboxylic acids is 5. The minimum atomic E-state index is -1.05. The van der Waals surface area contributed by atoms with Gasteiger partial charge in [-0.1, -0.05) is 54.1 Å². The molecule has 13 heteroatoms. The number of aliphatic carboxylic acids is 1. The predicted molar refractivity (Wildman–Crippen MR) is 173 cm³/mol. The van der Waals surface area contributed by atoms with Crippen LogP contribution in [0.25, 0.3) is 0 Å². The third kappa shape index (κ3) is 5.47. The van der Waals surface area contributed by atoms with Crippen LogP contribution in [0.4, 0.5) is 0 Å². The maximum Gasteiger partial charge on any atom is 0.326 e. The van der Waals surface area contributed by atoms with E-state index in [1.54, 1.807) is 32.9 Å². The summed E-state index contributed by atoms with van der Waals surface area (Å²) >= 11 is 6.40. The van der Waals surface area contributed by atoms with E-state index in [2.05, 4.69) is 5.32 Å². The predicted octanol–water partition coefficient (Wildman–Crippen LogP) is 1.76. The van der Waals surface area contributed by atoms with E-state index >= 15 is 0 Å². The number of carboxylic acid groups (broad SMARTS) is 1. The van der Waals surface area contributed by atoms with Crippen LogP contribution in [-0.2, 0) is 35.2 Å². The third-order valence-electron chi connectivity index (χ3n) is 11.1. The van der Waals surface area contributed by atoms with Crippen LogP contribution in [0.3, 0.4) is 0 Å². The van der Waals surface area contributed by atoms with Crippen molar-refractivity contribution in [3.8, 4) is 0 Å². The van der Waals surface area contributed by atoms with Crippen LogP contribution in [0, 0.1) is 11.8 Å². The number of halogens is 1. The summed E-state index contributed by atoms with van der Waals surface area (Å²) in [5.41, 5.74) is 0.695. The summed E-state index contributed by atoms with van der Waals surface area (Å²) in [4.78, 5) is 87.4. The van der Waals surface area contributed by atoms with Gasteiger partial charge in [0.25, 0.3) is 0 Å². The lowest BCUT2D eigenvalue weighted by atomic mass is 9.97. The molecule has 0 spiro atoms. The van der Waals surface area contributed by atoms with Crippen molar-refractivity contribution in [1.29, 1.82) is 0 Å². The van der Waals surface area contributed by atoms with Crippen LogP contribution in [0.5, 0.6) is 0 Å². The van der Waals surface area contributed by atoms with Crippen molar-refractivity contribution in [1.82, 2.24) is 24.9 Å². The molecule has 1 aromatic rings. The molecule has 6 aliphatic heterocycles. The Balaban J connectivity index is 1.13. The van der Waals surface area contributed by atoms with Crippen molar-refractivity contribution in [3.05, 3.63) is 59.2 Å². The molecule has 0 aliphatic carbocycles. The van der Waals surface area contributed by atoms with Crippen molar-refractivity contribution < 1.29 is 33.9 Å². The van der Waals surface area contributed by atoms with Gasteiger partial charge in [-0.05, 0) is 50.2 Å². The minimum Gasteiger partial charge on any atom is -0.480 e. The molecule has 0 bridgehead atoms. The molecule has 0 unspecified atom stereocenters. The fraction of sp³-hybridized carbons (Fsp3) is 0.543. The number of fused-ring (bicyclic) bond motifs is 4. The molecule has 0 radical (unpaired) electrons. The summed E-state index contributed by atoms with van der Waals surface area (Å²) in [7, 11) is 0. The second-order valence-electron chi connectivity index (χ2n) is 13.8. The van der Waals surface area contributed by atoms with Crippen molar-refractivity contribution in [2.45, 2.75) is 94.2 Å². The summed E-state index contributed by atoms with van der Waals surface area (Å²) < 4.78 is 0. The molecule has 9 atom stereocenters. The minimum absolute atomic E-state index is 0.157. The Hall–Kier alpha value is -4.19. The molecule has 7 rings (SSSR count). The summed E-state index contributed by atoms with van der Waals surface area (Å²) in [5, 5.41) is 13.1. The lowest BCUT2D eigenvalue weighted by Gasteiger charge is -2.37. The van der Waals surface area contributed by atoms with Gasteiger partial charge in [-0.3, -0.25) is 24.0 Å². The second kappa shape index (κ2) is 12.7. The molecule has 0 aromatic heterocycles. The van der Waals surface area contributed by atoms with Crippen LogP contribution in [0.15, 0.2) is 48.6 Å². The first-order chi connectivity index (χ1) is 23.0. The van der Waals surface area contributed by atoms with E-state index in [9.17, 15) is 33.9 Å². The Bertz CT molecular complexity index is 1610. The quantitative estimate of drug-likeness (QED) is 0.436. The lowest BCUT2D eigenvalue weighted by molar-refractivity contribution is -0.156. The van der Waals surface area contributed by atoms with Gasteiger partial charge < -0.3 is 30.0 Å². The smallest absolute Gasteiger partial charge is 0.326 e. The highest BCUT2D eigenvalue weighted by Crippen LogP contribution is 2.40. The molecule has 4 saturated heterocycles. The number of hydrogen-bond donors (Lipinski definition) is 2. The van der Waals surface area contributed by atoms with Crippen LogP contribution in [0.2, 0.25) is 5.02 Å². The second-order valence-corrected chi connectivity index (χ2v) is 14.2. The SMILES string of the molecule is CC(=O)N[C@@H](Cc1ccccc1Cl)C(=O)N1CC[C@H]2C=C[C@@H]3CC[C@H](C(=O)N4CC[C@@H]5C=C[C@H]6CC[C@@H](C(=O)O)N6C(=O)[C@H]54)N3C(=O)[C@@H]21. The van der Waals surface area contributed by atoms with E-state index in [0.717, 1.165) is 0 Å². The van der Waals surface area contributed by atoms with Crippen LogP contribution < -0.4 is 5.32 Å². The molecule has 4 fully saturated rings. The molecule has 0 saturated carbocycles. The van der Waals surface area contributed by atoms with Gasteiger partial charge in [-0.25, -0.2) is 4.79 Å². The number of hydrogen-bond acceptors (Lipinski definition) is 6. The van der Waals surface area contributed by atoms with Gasteiger partial charge in [-0.2, -0.15) is 0 Å². The summed E-state index contributed by atoms with van der Waals surface area (Å²) in [6.07, 6.45) is 11.0. The summed E-state index contributed by atoms with van der Waals surface area (Å²) in [6.45, 7) is 1.99. The first-order valence-electron chi connectivity index (χ1n) is 16.9. The number of benzene rings is 1. The van der Waals surface area contributed by atoms with Gasteiger partial charge >= 0.3 is 5.97 Å². The monoisotopic (exact) mass is 677 g/mol.